The molecule has 0 saturated carbocycles. The topological polar surface area (TPSA) is 91.6 Å². The monoisotopic (exact) mass is 508 g/mol. The Morgan fingerprint density at radius 2 is 2.03 bits per heavy atom. The average Bonchev–Trinajstić information content (AvgIpc) is 3.44. The molecule has 2 aliphatic heterocycles. The van der Waals surface area contributed by atoms with Gasteiger partial charge in [-0.25, -0.2) is 4.79 Å². The molecule has 0 saturated heterocycles. The van der Waals surface area contributed by atoms with Gasteiger partial charge in [-0.3, -0.25) is 18.7 Å². The summed E-state index contributed by atoms with van der Waals surface area (Å²) < 4.78 is 2.40. The molecule has 33 heavy (non-hydrogen) atoms. The Labute approximate surface area is 204 Å². The maximum absolute atomic E-state index is 13.3. The number of hydrogen-bond donors (Lipinski definition) is 2. The van der Waals surface area contributed by atoms with Gasteiger partial charge in [0.25, 0.3) is 5.56 Å². The van der Waals surface area contributed by atoms with Gasteiger partial charge in [-0.05, 0) is 23.1 Å². The molecule has 2 aromatic rings. The maximum atomic E-state index is 13.3. The van der Waals surface area contributed by atoms with Crippen molar-refractivity contribution in [3.05, 3.63) is 72.7 Å². The summed E-state index contributed by atoms with van der Waals surface area (Å²) in [5, 5.41) is 9.21. The summed E-state index contributed by atoms with van der Waals surface area (Å²) >= 11 is 13.6. The number of carbonyl (C=O) groups is 1. The van der Waals surface area contributed by atoms with Gasteiger partial charge >= 0.3 is 5.69 Å². The van der Waals surface area contributed by atoms with E-state index in [0.717, 1.165) is 15.8 Å². The highest BCUT2D eigenvalue weighted by Crippen LogP contribution is 2.33. The second kappa shape index (κ2) is 9.20. The van der Waals surface area contributed by atoms with E-state index >= 15 is 0 Å². The summed E-state index contributed by atoms with van der Waals surface area (Å²) in [7, 11) is 3.00. The second-order valence-electron chi connectivity index (χ2n) is 7.56. The average molecular weight is 509 g/mol. The minimum atomic E-state index is -0.446. The van der Waals surface area contributed by atoms with Gasteiger partial charge in [-0.1, -0.05) is 47.1 Å². The molecular formula is C21H22Cl2N6O3S. The molecule has 1 amide bonds. The first-order valence-corrected chi connectivity index (χ1v) is 11.7. The fourth-order valence-electron chi connectivity index (χ4n) is 3.72. The highest BCUT2D eigenvalue weighted by atomic mass is 35.5. The summed E-state index contributed by atoms with van der Waals surface area (Å²) in [6.07, 6.45) is 1.65. The van der Waals surface area contributed by atoms with E-state index in [1.54, 1.807) is 35.1 Å². The van der Waals surface area contributed by atoms with Gasteiger partial charge in [0.05, 0.1) is 29.0 Å². The minimum Gasteiger partial charge on any atom is -0.355 e. The lowest BCUT2D eigenvalue weighted by Crippen LogP contribution is -2.49. The van der Waals surface area contributed by atoms with E-state index in [2.05, 4.69) is 17.2 Å². The molecule has 12 heteroatoms. The van der Waals surface area contributed by atoms with Crippen molar-refractivity contribution in [3.63, 3.8) is 0 Å². The Bertz CT molecular complexity index is 1290. The van der Waals surface area contributed by atoms with Crippen LogP contribution in [-0.2, 0) is 18.9 Å². The number of benzene rings is 1. The number of aromatic nitrogens is 2. The van der Waals surface area contributed by atoms with E-state index in [1.807, 2.05) is 11.5 Å². The predicted octanol–water partition coefficient (Wildman–Crippen LogP) is 2.21. The van der Waals surface area contributed by atoms with Crippen LogP contribution in [0.25, 0.3) is 5.70 Å². The summed E-state index contributed by atoms with van der Waals surface area (Å²) in [5.41, 5.74) is 0.736. The van der Waals surface area contributed by atoms with E-state index in [4.69, 9.17) is 23.2 Å². The van der Waals surface area contributed by atoms with Gasteiger partial charge in [-0.15, -0.1) is 6.58 Å². The van der Waals surface area contributed by atoms with Crippen molar-refractivity contribution in [3.8, 4) is 0 Å². The number of rotatable bonds is 6. The normalized spacial score (nSPS) is 16.7. The number of hydrogen-bond acceptors (Lipinski definition) is 7. The number of carbonyl (C=O) groups excluding carboxylic acids is 1. The number of nitrogens with zero attached hydrogens (tertiary/aromatic N) is 4. The van der Waals surface area contributed by atoms with E-state index in [9.17, 15) is 14.4 Å². The molecule has 0 aliphatic carbocycles. The van der Waals surface area contributed by atoms with Gasteiger partial charge in [0.2, 0.25) is 5.91 Å². The minimum absolute atomic E-state index is 0.0396. The Balaban J connectivity index is 1.52. The molecule has 1 atom stereocenters. The molecule has 1 aromatic heterocycles. The van der Waals surface area contributed by atoms with Crippen LogP contribution in [0.4, 0.5) is 11.5 Å². The van der Waals surface area contributed by atoms with Crippen LogP contribution < -0.4 is 26.8 Å². The molecule has 9 nitrogen and oxygen atoms in total. The SMILES string of the molecule is C=CCN(C(=O)CN1CNc2c1c(=O)n(C)c(=O)n2C)C1NC(c2ccc(Cl)c(Cl)c2)=CS1. The molecule has 3 heterocycles. The molecule has 1 unspecified atom stereocenters. The van der Waals surface area contributed by atoms with Gasteiger partial charge in [0.1, 0.15) is 11.5 Å². The first kappa shape index (κ1) is 23.3. The van der Waals surface area contributed by atoms with Crippen molar-refractivity contribution in [1.82, 2.24) is 19.4 Å². The van der Waals surface area contributed by atoms with E-state index in [-0.39, 0.29) is 24.6 Å². The molecular weight excluding hydrogens is 487 g/mol. The molecule has 0 spiro atoms. The first-order chi connectivity index (χ1) is 15.7. The van der Waals surface area contributed by atoms with Crippen LogP contribution in [0.5, 0.6) is 0 Å². The Kier molecular flexibility index (Phi) is 6.51. The highest BCUT2D eigenvalue weighted by Gasteiger charge is 2.32. The standard InChI is InChI=1S/C21H22Cl2N6O3S/c1-4-7-29(20-25-15(10-33-20)12-5-6-13(22)14(23)8-12)16(30)9-28-11-24-18-17(28)19(31)27(3)21(32)26(18)2/h4-6,8,10,20,24-25H,1,7,9,11H2,2-3H3. The lowest BCUT2D eigenvalue weighted by molar-refractivity contribution is -0.130. The van der Waals surface area contributed by atoms with E-state index < -0.39 is 11.2 Å². The molecule has 2 N–H and O–H groups in total. The second-order valence-corrected chi connectivity index (χ2v) is 9.33. The molecule has 174 valence electrons. The number of amides is 1. The van der Waals surface area contributed by atoms with Gasteiger partial charge in [0.15, 0.2) is 5.50 Å². The van der Waals surface area contributed by atoms with Crippen LogP contribution in [0.15, 0.2) is 45.9 Å². The Morgan fingerprint density at radius 1 is 1.27 bits per heavy atom. The summed E-state index contributed by atoms with van der Waals surface area (Å²) in [5.74, 6) is 0.206. The molecule has 0 fully saturated rings. The Morgan fingerprint density at radius 3 is 2.73 bits per heavy atom. The van der Waals surface area contributed by atoms with Crippen molar-refractivity contribution in [2.75, 3.05) is 30.0 Å². The van der Waals surface area contributed by atoms with Crippen LogP contribution in [-0.4, -0.2) is 45.2 Å². The number of anilines is 2. The third-order valence-corrected chi connectivity index (χ3v) is 7.22. The summed E-state index contributed by atoms with van der Waals surface area (Å²) in [6.45, 7) is 4.29. The van der Waals surface area contributed by atoms with Crippen molar-refractivity contribution in [1.29, 1.82) is 0 Å². The zero-order chi connectivity index (χ0) is 23.9. The fraction of sp³-hybridized carbons (Fsp3) is 0.286. The quantitative estimate of drug-likeness (QED) is 0.578. The van der Waals surface area contributed by atoms with Crippen LogP contribution in [0, 0.1) is 0 Å². The summed E-state index contributed by atoms with van der Waals surface area (Å²) in [4.78, 5) is 41.5. The predicted molar refractivity (Wildman–Crippen MR) is 134 cm³/mol. The smallest absolute Gasteiger partial charge is 0.332 e. The number of halogens is 2. The van der Waals surface area contributed by atoms with Gasteiger partial charge in [0, 0.05) is 20.6 Å². The lowest BCUT2D eigenvalue weighted by atomic mass is 10.2. The number of fused-ring (bicyclic) bond motifs is 1. The zero-order valence-electron chi connectivity index (χ0n) is 18.0. The summed E-state index contributed by atoms with van der Waals surface area (Å²) in [6, 6.07) is 5.33. The largest absolute Gasteiger partial charge is 0.355 e. The number of thioether (sulfide) groups is 1. The fourth-order valence-corrected chi connectivity index (χ4v) is 5.03. The van der Waals surface area contributed by atoms with Crippen molar-refractivity contribution >= 4 is 58.1 Å². The molecule has 4 rings (SSSR count). The van der Waals surface area contributed by atoms with Gasteiger partial charge in [-0.2, -0.15) is 0 Å². The molecule has 1 aromatic carbocycles. The maximum Gasteiger partial charge on any atom is 0.332 e. The molecule has 0 radical (unpaired) electrons. The van der Waals surface area contributed by atoms with Crippen LogP contribution in [0.1, 0.15) is 5.56 Å². The molecule has 2 aliphatic rings. The van der Waals surface area contributed by atoms with E-state index in [1.165, 1.54) is 23.4 Å². The van der Waals surface area contributed by atoms with Gasteiger partial charge < -0.3 is 20.4 Å². The van der Waals surface area contributed by atoms with Crippen molar-refractivity contribution in [2.24, 2.45) is 14.1 Å². The number of nitrogens with one attached hydrogen (secondary N) is 2. The first-order valence-electron chi connectivity index (χ1n) is 9.99. The van der Waals surface area contributed by atoms with Crippen LogP contribution in [0.3, 0.4) is 0 Å². The zero-order valence-corrected chi connectivity index (χ0v) is 20.3. The third-order valence-electron chi connectivity index (χ3n) is 5.47. The Hall–Kier alpha value is -2.82. The lowest BCUT2D eigenvalue weighted by Gasteiger charge is -2.30. The third kappa shape index (κ3) is 4.25. The van der Waals surface area contributed by atoms with Crippen molar-refractivity contribution < 1.29 is 4.79 Å². The van der Waals surface area contributed by atoms with Crippen LogP contribution in [0.2, 0.25) is 10.0 Å². The highest BCUT2D eigenvalue weighted by molar-refractivity contribution is 8.03. The van der Waals surface area contributed by atoms with E-state index in [0.29, 0.717) is 28.1 Å². The van der Waals surface area contributed by atoms with Crippen molar-refractivity contribution in [2.45, 2.75) is 5.50 Å². The molecule has 0 bridgehead atoms. The van der Waals surface area contributed by atoms with Crippen LogP contribution >= 0.6 is 35.0 Å².